The van der Waals surface area contributed by atoms with Crippen LogP contribution in [0.5, 0.6) is 0 Å². The number of aliphatic hydroxyl groups excluding tert-OH is 1. The number of rotatable bonds is 7. The van der Waals surface area contributed by atoms with E-state index in [0.29, 0.717) is 10.6 Å². The van der Waals surface area contributed by atoms with E-state index < -0.39 is 37.9 Å². The number of ether oxygens (including phenoxy) is 1. The van der Waals surface area contributed by atoms with Crippen molar-refractivity contribution in [2.24, 2.45) is 0 Å². The Kier molecular flexibility index (Phi) is 7.91. The zero-order chi connectivity index (χ0) is 18.6. The first kappa shape index (κ1) is 22.3. The van der Waals surface area contributed by atoms with Crippen molar-refractivity contribution in [3.8, 4) is 11.1 Å². The zero-order valence-corrected chi connectivity index (χ0v) is 15.2. The van der Waals surface area contributed by atoms with E-state index in [-0.39, 0.29) is 18.3 Å². The Balaban J connectivity index is 0.00000338. The molecule has 1 heterocycles. The molecule has 1 atom stereocenters. The summed E-state index contributed by atoms with van der Waals surface area (Å²) in [6.45, 7) is -0.795. The maximum Gasteiger partial charge on any atom is 0.350 e. The molecule has 0 fully saturated rings. The average molecular weight is 408 g/mol. The van der Waals surface area contributed by atoms with Crippen LogP contribution in [0, 0.1) is 0 Å². The van der Waals surface area contributed by atoms with Gasteiger partial charge in [0, 0.05) is 16.8 Å². The summed E-state index contributed by atoms with van der Waals surface area (Å²) < 4.78 is 16.8. The molecule has 1 aromatic heterocycles. The van der Waals surface area contributed by atoms with Crippen LogP contribution in [0.25, 0.3) is 11.1 Å². The molecule has 0 saturated carbocycles. The summed E-state index contributed by atoms with van der Waals surface area (Å²) in [6.07, 6.45) is -0.685. The number of hydrogen-bond donors (Lipinski definition) is 5. The van der Waals surface area contributed by atoms with E-state index in [1.807, 2.05) is 0 Å². The highest BCUT2D eigenvalue weighted by Gasteiger charge is 2.19. The molecule has 144 valence electrons. The Labute approximate surface area is 152 Å². The molecule has 2 rings (SSSR count). The minimum Gasteiger partial charge on any atom is -0.394 e. The summed E-state index contributed by atoms with van der Waals surface area (Å²) in [5.41, 5.74) is -0.835. The fourth-order valence-electron chi connectivity index (χ4n) is 2.10. The average Bonchev–Trinajstić information content (AvgIpc) is 2.53. The highest BCUT2D eigenvalue weighted by atomic mass is 35.5. The van der Waals surface area contributed by atoms with E-state index in [4.69, 9.17) is 26.1 Å². The summed E-state index contributed by atoms with van der Waals surface area (Å²) in [5.74, 6) is 0. The highest BCUT2D eigenvalue weighted by Crippen LogP contribution is 2.34. The van der Waals surface area contributed by atoms with Crippen LogP contribution in [0.4, 0.5) is 0 Å². The van der Waals surface area contributed by atoms with Gasteiger partial charge in [-0.1, -0.05) is 29.8 Å². The smallest absolute Gasteiger partial charge is 0.350 e. The summed E-state index contributed by atoms with van der Waals surface area (Å²) in [4.78, 5) is 43.8. The van der Waals surface area contributed by atoms with Crippen molar-refractivity contribution in [3.63, 3.8) is 0 Å². The predicted molar refractivity (Wildman–Crippen MR) is 95.7 cm³/mol. The molecular weight excluding hydrogens is 389 g/mol. The molecular formula is C14H19ClN3O7P. The van der Waals surface area contributed by atoms with Crippen LogP contribution >= 0.6 is 19.2 Å². The van der Waals surface area contributed by atoms with Gasteiger partial charge in [0.15, 0.2) is 0 Å². The molecule has 0 aliphatic carbocycles. The topological polar surface area (TPSA) is 177 Å². The van der Waals surface area contributed by atoms with Crippen molar-refractivity contribution < 1.29 is 24.2 Å². The van der Waals surface area contributed by atoms with E-state index in [2.05, 4.69) is 4.98 Å². The molecule has 0 saturated heterocycles. The summed E-state index contributed by atoms with van der Waals surface area (Å²) in [7, 11) is -4.42. The third-order valence-electron chi connectivity index (χ3n) is 3.26. The maximum atomic E-state index is 12.0. The number of aromatic nitrogens is 2. The minimum absolute atomic E-state index is 0. The first-order valence-electron chi connectivity index (χ1n) is 7.07. The third kappa shape index (κ3) is 5.89. The van der Waals surface area contributed by atoms with Gasteiger partial charge < -0.3 is 25.8 Å². The lowest BCUT2D eigenvalue weighted by atomic mass is 10.1. The van der Waals surface area contributed by atoms with E-state index in [1.54, 1.807) is 24.3 Å². The van der Waals surface area contributed by atoms with Gasteiger partial charge in [0.1, 0.15) is 6.35 Å². The lowest BCUT2D eigenvalue weighted by Gasteiger charge is -2.17. The first-order chi connectivity index (χ1) is 11.7. The van der Waals surface area contributed by atoms with Gasteiger partial charge in [0.2, 0.25) is 0 Å². The van der Waals surface area contributed by atoms with Crippen molar-refractivity contribution in [3.05, 3.63) is 56.3 Å². The van der Waals surface area contributed by atoms with Crippen molar-refractivity contribution in [1.82, 2.24) is 15.7 Å². The molecule has 12 heteroatoms. The van der Waals surface area contributed by atoms with Gasteiger partial charge in [0.05, 0.1) is 24.8 Å². The van der Waals surface area contributed by atoms with E-state index in [0.717, 1.165) is 4.57 Å². The van der Waals surface area contributed by atoms with Crippen LogP contribution < -0.4 is 17.4 Å². The number of benzene rings is 1. The minimum atomic E-state index is -4.42. The van der Waals surface area contributed by atoms with Crippen molar-refractivity contribution >= 4 is 19.2 Å². The Morgan fingerprint density at radius 2 is 1.88 bits per heavy atom. The quantitative estimate of drug-likeness (QED) is 0.412. The van der Waals surface area contributed by atoms with Crippen LogP contribution in [0.15, 0.2) is 40.1 Å². The molecule has 0 radical (unpaired) electrons. The Bertz CT molecular complexity index is 908. The molecule has 0 unspecified atom stereocenters. The van der Waals surface area contributed by atoms with Crippen LogP contribution in [0.2, 0.25) is 5.02 Å². The van der Waals surface area contributed by atoms with Gasteiger partial charge in [-0.25, -0.2) is 4.79 Å². The summed E-state index contributed by atoms with van der Waals surface area (Å²) in [5, 5.41) is 9.59. The van der Waals surface area contributed by atoms with Crippen LogP contribution in [-0.2, 0) is 15.8 Å². The largest absolute Gasteiger partial charge is 0.394 e. The number of hydrogen-bond acceptors (Lipinski definition) is 6. The lowest BCUT2D eigenvalue weighted by molar-refractivity contribution is 0.0188. The zero-order valence-electron chi connectivity index (χ0n) is 13.5. The van der Waals surface area contributed by atoms with Gasteiger partial charge in [-0.3, -0.25) is 18.9 Å². The molecule has 2 aromatic rings. The van der Waals surface area contributed by atoms with Crippen LogP contribution in [-0.4, -0.2) is 43.5 Å². The van der Waals surface area contributed by atoms with Gasteiger partial charge in [-0.05, 0) is 6.07 Å². The van der Waals surface area contributed by atoms with Gasteiger partial charge in [-0.2, -0.15) is 0 Å². The lowest BCUT2D eigenvalue weighted by Crippen LogP contribution is -2.35. The van der Waals surface area contributed by atoms with Crippen molar-refractivity contribution in [2.75, 3.05) is 13.0 Å². The fraction of sp³-hybridized carbons (Fsp3) is 0.286. The fourth-order valence-corrected chi connectivity index (χ4v) is 2.74. The monoisotopic (exact) mass is 407 g/mol. The third-order valence-corrected chi connectivity index (χ3v) is 4.07. The van der Waals surface area contributed by atoms with Crippen LogP contribution in [0.1, 0.15) is 0 Å². The SMILES string of the molecule is N.O=c1[nH]c(=O)n(C[C@@H](CO)OCP(=O)(O)O)cc1-c1ccccc1Cl. The molecule has 0 aliphatic rings. The van der Waals surface area contributed by atoms with Crippen LogP contribution in [0.3, 0.4) is 0 Å². The van der Waals surface area contributed by atoms with Gasteiger partial charge in [-0.15, -0.1) is 0 Å². The van der Waals surface area contributed by atoms with Crippen molar-refractivity contribution in [2.45, 2.75) is 12.6 Å². The number of halogens is 1. The molecule has 0 bridgehead atoms. The van der Waals surface area contributed by atoms with E-state index in [9.17, 15) is 19.3 Å². The molecule has 0 aliphatic heterocycles. The first-order valence-corrected chi connectivity index (χ1v) is 9.24. The van der Waals surface area contributed by atoms with Gasteiger partial charge >= 0.3 is 13.3 Å². The molecule has 7 N–H and O–H groups in total. The summed E-state index contributed by atoms with van der Waals surface area (Å²) in [6, 6.07) is 6.56. The molecule has 1 aromatic carbocycles. The maximum absolute atomic E-state index is 12.0. The Morgan fingerprint density at radius 1 is 1.23 bits per heavy atom. The molecule has 0 amide bonds. The van der Waals surface area contributed by atoms with E-state index in [1.165, 1.54) is 6.20 Å². The van der Waals surface area contributed by atoms with E-state index >= 15 is 0 Å². The summed E-state index contributed by atoms with van der Waals surface area (Å²) >= 11 is 6.06. The molecule has 0 spiro atoms. The number of nitrogens with one attached hydrogen (secondary N) is 1. The van der Waals surface area contributed by atoms with Crippen molar-refractivity contribution in [1.29, 1.82) is 0 Å². The standard InChI is InChI=1S/C14H16ClN2O7P.H3N/c15-12-4-2-1-3-10(12)11-6-17(14(20)16-13(11)19)5-9(7-18)24-8-25(21,22)23;/h1-4,6,9,18H,5,7-8H2,(H,16,19,20)(H2,21,22,23);1H3/t9-;/m0./s1. The number of nitrogens with zero attached hydrogens (tertiary/aromatic N) is 1. The second kappa shape index (κ2) is 9.24. The number of aromatic amines is 1. The number of aliphatic hydroxyl groups is 1. The predicted octanol–water partition coefficient (Wildman–Crippen LogP) is 0.532. The molecule has 10 nitrogen and oxygen atoms in total. The second-order valence-electron chi connectivity index (χ2n) is 5.20. The highest BCUT2D eigenvalue weighted by molar-refractivity contribution is 7.51. The Morgan fingerprint density at radius 3 is 2.46 bits per heavy atom. The van der Waals surface area contributed by atoms with Gasteiger partial charge in [0.25, 0.3) is 5.56 Å². The normalized spacial score (nSPS) is 12.5. The number of H-pyrrole nitrogens is 1. The Hall–Kier alpha value is -1.78. The molecule has 26 heavy (non-hydrogen) atoms. The second-order valence-corrected chi connectivity index (χ2v) is 7.19.